The number of halogens is 1. The Morgan fingerprint density at radius 2 is 1.62 bits per heavy atom. The minimum atomic E-state index is -0.581. The van der Waals surface area contributed by atoms with Crippen molar-refractivity contribution in [2.24, 2.45) is 0 Å². The van der Waals surface area contributed by atoms with E-state index in [0.717, 1.165) is 49.1 Å². The van der Waals surface area contributed by atoms with Gasteiger partial charge in [-0.15, -0.1) is 0 Å². The van der Waals surface area contributed by atoms with E-state index in [1.165, 1.54) is 0 Å². The van der Waals surface area contributed by atoms with E-state index in [9.17, 15) is 9.90 Å². The molecule has 0 spiro atoms. The van der Waals surface area contributed by atoms with Crippen LogP contribution in [0.25, 0.3) is 16.9 Å². The molecule has 1 aliphatic heterocycles. The number of amides is 1. The molecule has 5 rings (SSSR count). The number of carbonyl (C=O) groups is 1. The highest BCUT2D eigenvalue weighted by atomic mass is 127. The van der Waals surface area contributed by atoms with E-state index in [1.807, 2.05) is 65.3 Å². The van der Waals surface area contributed by atoms with Gasteiger partial charge in [0.2, 0.25) is 0 Å². The van der Waals surface area contributed by atoms with Crippen LogP contribution in [0.15, 0.2) is 91.1 Å². The molecule has 3 aromatic carbocycles. The number of carbonyl (C=O) groups excluding carboxylic acids is 1. The molecule has 1 aromatic heterocycles. The fourth-order valence-corrected chi connectivity index (χ4v) is 6.87. The first-order valence-electron chi connectivity index (χ1n) is 12.1. The zero-order valence-corrected chi connectivity index (χ0v) is 22.4. The van der Waals surface area contributed by atoms with Gasteiger partial charge in [0.15, 0.2) is 0 Å². The largest absolute Gasteiger partial charge is 0.507 e. The average Bonchev–Trinajstić information content (AvgIpc) is 3.32. The molecule has 0 aliphatic carbocycles. The number of benzene rings is 3. The smallest absolute Gasteiger partial charge is 0.251 e. The van der Waals surface area contributed by atoms with Gasteiger partial charge < -0.3 is 15.7 Å². The standard InChI is InChI=1S/C29H26BIN4O2/c30-24-19-34-35-27(18-25(31-28(24)35)23-10-4-5-11-26(23)36)32-16-6-7-17-33-29(37)22-14-12-21(13-15-22)20-8-2-1-3-9-20/h1-5,8-15,18-19,32,36H,6-7,16-17H2,(H,33,37). The van der Waals surface area contributed by atoms with Crippen molar-refractivity contribution >= 4 is 49.3 Å². The van der Waals surface area contributed by atoms with Gasteiger partial charge in [0.25, 0.3) is 5.91 Å². The van der Waals surface area contributed by atoms with Crippen molar-refractivity contribution in [3.05, 3.63) is 106 Å². The van der Waals surface area contributed by atoms with Crippen molar-refractivity contribution in [2.45, 2.75) is 12.8 Å². The molecule has 0 unspecified atom stereocenters. The lowest BCUT2D eigenvalue weighted by Crippen LogP contribution is -2.27. The summed E-state index contributed by atoms with van der Waals surface area (Å²) in [5.41, 5.74) is 4.39. The first-order valence-corrected chi connectivity index (χ1v) is 14.3. The number of nitrogens with zero attached hydrogens (tertiary/aromatic N) is 2. The number of unbranched alkanes of at least 4 members (excludes halogenated alkanes) is 1. The molecule has 0 saturated carbocycles. The number of fused-ring (bicyclic) bond motifs is 1. The molecule has 37 heavy (non-hydrogen) atoms. The van der Waals surface area contributed by atoms with E-state index in [4.69, 9.17) is 7.85 Å². The van der Waals surface area contributed by atoms with E-state index in [2.05, 4.69) is 33.9 Å². The molecule has 2 radical (unpaired) electrons. The summed E-state index contributed by atoms with van der Waals surface area (Å²) in [6.07, 6.45) is 5.45. The normalized spacial score (nSPS) is 12.5. The average molecular weight is 600 g/mol. The third-order valence-corrected chi connectivity index (χ3v) is 9.09. The molecule has 0 bridgehead atoms. The highest BCUT2D eigenvalue weighted by molar-refractivity contribution is 14.2. The molecular weight excluding hydrogens is 574 g/mol. The van der Waals surface area contributed by atoms with Gasteiger partial charge in [-0.2, -0.15) is 5.10 Å². The third-order valence-electron chi connectivity index (χ3n) is 6.03. The second-order valence-electron chi connectivity index (χ2n) is 8.62. The van der Waals surface area contributed by atoms with Gasteiger partial charge in [-0.05, 0) is 53.7 Å². The maximum Gasteiger partial charge on any atom is 0.251 e. The number of phenols is 1. The van der Waals surface area contributed by atoms with Gasteiger partial charge in [0.1, 0.15) is 19.4 Å². The number of nitrogens with one attached hydrogen (secondary N) is 2. The topological polar surface area (TPSA) is 79.2 Å². The summed E-state index contributed by atoms with van der Waals surface area (Å²) in [7, 11) is 6.18. The van der Waals surface area contributed by atoms with Crippen LogP contribution in [0.3, 0.4) is 0 Å². The Kier molecular flexibility index (Phi) is 7.84. The molecule has 1 amide bonds. The molecule has 1 aliphatic rings. The molecule has 6 nitrogen and oxygen atoms in total. The van der Waals surface area contributed by atoms with E-state index < -0.39 is 20.7 Å². The van der Waals surface area contributed by atoms with Crippen LogP contribution in [-0.4, -0.2) is 45.2 Å². The van der Waals surface area contributed by atoms with E-state index in [1.54, 1.807) is 12.3 Å². The minimum absolute atomic E-state index is 0.0648. The maximum absolute atomic E-state index is 12.5. The van der Waals surface area contributed by atoms with Gasteiger partial charge >= 0.3 is 0 Å². The lowest BCUT2D eigenvalue weighted by Gasteiger charge is -2.19. The molecule has 0 atom stereocenters. The molecule has 184 valence electrons. The molecule has 2 heterocycles. The first-order chi connectivity index (χ1) is 18.1. The Morgan fingerprint density at radius 1 is 0.919 bits per heavy atom. The summed E-state index contributed by atoms with van der Waals surface area (Å²) in [6, 6.07) is 25.2. The number of aromatic hydroxyl groups is 1. The number of hydrogen-bond donors (Lipinski definition) is 3. The zero-order chi connectivity index (χ0) is 25.6. The van der Waals surface area contributed by atoms with E-state index in [0.29, 0.717) is 17.6 Å². The van der Waals surface area contributed by atoms with Crippen molar-refractivity contribution in [3.8, 4) is 16.9 Å². The first kappa shape index (κ1) is 25.0. The number of para-hydroxylation sites is 1. The van der Waals surface area contributed by atoms with Gasteiger partial charge in [0, 0.05) is 33.9 Å². The number of allylic oxidation sites excluding steroid dienone is 1. The van der Waals surface area contributed by atoms with Crippen LogP contribution in [0.4, 0.5) is 0 Å². The fraction of sp³-hybridized carbons (Fsp3) is 0.138. The van der Waals surface area contributed by atoms with Crippen LogP contribution < -0.4 is 16.1 Å². The lowest BCUT2D eigenvalue weighted by molar-refractivity contribution is 0.0953. The van der Waals surface area contributed by atoms with Crippen LogP contribution in [0.5, 0.6) is 5.75 Å². The zero-order valence-electron chi connectivity index (χ0n) is 20.2. The Morgan fingerprint density at radius 3 is 2.41 bits per heavy atom. The summed E-state index contributed by atoms with van der Waals surface area (Å²) >= 11 is -0.581. The van der Waals surface area contributed by atoms with Crippen molar-refractivity contribution in [2.75, 3.05) is 13.1 Å². The summed E-state index contributed by atoms with van der Waals surface area (Å²) in [5, 5.41) is 21.3. The predicted molar refractivity (Wildman–Crippen MR) is 158 cm³/mol. The molecule has 0 saturated heterocycles. The Bertz CT molecular complexity index is 1460. The lowest BCUT2D eigenvalue weighted by atomic mass is 10.0. The van der Waals surface area contributed by atoms with Crippen LogP contribution in [0, 0.1) is 3.70 Å². The number of hydrogen-bond acceptors (Lipinski definition) is 4. The summed E-state index contributed by atoms with van der Waals surface area (Å²) < 4.78 is 3.96. The SMILES string of the molecule is [B]c1cnn2c1I=C(c1ccccc1O)C=C2NCCCCNC(=O)c1ccc(-c2ccccc2)cc1. The van der Waals surface area contributed by atoms with Crippen molar-refractivity contribution in [3.63, 3.8) is 0 Å². The fourth-order valence-electron chi connectivity index (χ4n) is 4.06. The monoisotopic (exact) mass is 600 g/mol. The molecule has 4 aromatic rings. The van der Waals surface area contributed by atoms with Gasteiger partial charge in [-0.1, -0.05) is 81.4 Å². The van der Waals surface area contributed by atoms with E-state index >= 15 is 0 Å². The van der Waals surface area contributed by atoms with Crippen LogP contribution in [-0.2, 0) is 0 Å². The van der Waals surface area contributed by atoms with Crippen LogP contribution in [0.2, 0.25) is 0 Å². The number of phenolic OH excluding ortho intramolecular Hbond substituents is 1. The quantitative estimate of drug-likeness (QED) is 0.154. The Hall–Kier alpha value is -3.66. The van der Waals surface area contributed by atoms with Crippen molar-refractivity contribution in [1.29, 1.82) is 0 Å². The second-order valence-corrected chi connectivity index (χ2v) is 11.3. The van der Waals surface area contributed by atoms with Crippen LogP contribution >= 0.6 is 20.7 Å². The van der Waals surface area contributed by atoms with E-state index in [-0.39, 0.29) is 11.7 Å². The van der Waals surface area contributed by atoms with Crippen molar-refractivity contribution < 1.29 is 9.90 Å². The van der Waals surface area contributed by atoms with Crippen molar-refractivity contribution in [1.82, 2.24) is 20.4 Å². The molecule has 0 fully saturated rings. The van der Waals surface area contributed by atoms with Crippen LogP contribution in [0.1, 0.15) is 28.8 Å². The number of rotatable bonds is 9. The maximum atomic E-state index is 12.5. The second kappa shape index (κ2) is 11.6. The highest BCUT2D eigenvalue weighted by Crippen LogP contribution is 2.28. The molecule has 8 heteroatoms. The van der Waals surface area contributed by atoms with Gasteiger partial charge in [0.05, 0.1) is 3.70 Å². The third kappa shape index (κ3) is 5.85. The molecule has 3 N–H and O–H groups in total. The predicted octanol–water partition coefficient (Wildman–Crippen LogP) is 4.02. The van der Waals surface area contributed by atoms with Gasteiger partial charge in [-0.3, -0.25) is 4.79 Å². The summed E-state index contributed by atoms with van der Waals surface area (Å²) in [5.74, 6) is 1.05. The minimum Gasteiger partial charge on any atom is -0.507 e. The molecular formula is C29H26BIN4O2. The number of aromatic nitrogens is 2. The highest BCUT2D eigenvalue weighted by Gasteiger charge is 2.18. The Labute approximate surface area is 227 Å². The van der Waals surface area contributed by atoms with Gasteiger partial charge in [-0.25, -0.2) is 4.68 Å². The Balaban J connectivity index is 1.12. The summed E-state index contributed by atoms with van der Waals surface area (Å²) in [6.45, 7) is 1.32. The summed E-state index contributed by atoms with van der Waals surface area (Å²) in [4.78, 5) is 12.5.